The van der Waals surface area contributed by atoms with E-state index < -0.39 is 12.1 Å². The molecule has 4 atom stereocenters. The van der Waals surface area contributed by atoms with E-state index in [1.165, 1.54) is 22.3 Å². The van der Waals surface area contributed by atoms with Crippen LogP contribution in [-0.4, -0.2) is 90.9 Å². The number of carbonyl (C=O) groups is 3. The first kappa shape index (κ1) is 39.2. The number of rotatable bonds is 10. The van der Waals surface area contributed by atoms with Gasteiger partial charge in [-0.15, -0.1) is 0 Å². The molecule has 3 aliphatic rings. The zero-order chi connectivity index (χ0) is 41.7. The van der Waals surface area contributed by atoms with Gasteiger partial charge in [0.25, 0.3) is 0 Å². The number of likely N-dealkylation sites (tertiary alicyclic amines) is 2. The molecule has 0 saturated carbocycles. The lowest BCUT2D eigenvalue weighted by molar-refractivity contribution is -0.137. The van der Waals surface area contributed by atoms with Crippen molar-refractivity contribution in [2.75, 3.05) is 27.2 Å². The Bertz CT molecular complexity index is 2580. The molecule has 4 N–H and O–H groups in total. The summed E-state index contributed by atoms with van der Waals surface area (Å²) in [6.45, 7) is 4.98. The maximum Gasteiger partial charge on any atom is 0.405 e. The first-order chi connectivity index (χ1) is 29.0. The van der Waals surface area contributed by atoms with E-state index >= 15 is 0 Å². The Hall–Kier alpha value is -6.27. The molecule has 0 spiro atoms. The van der Waals surface area contributed by atoms with Crippen molar-refractivity contribution in [3.05, 3.63) is 119 Å². The molecular weight excluding hydrogens is 753 g/mol. The van der Waals surface area contributed by atoms with Gasteiger partial charge < -0.3 is 30.2 Å². The fraction of sp³-hybridized carbons (Fsp3) is 0.354. The van der Waals surface area contributed by atoms with Crippen LogP contribution in [-0.2, 0) is 22.4 Å². The summed E-state index contributed by atoms with van der Waals surface area (Å²) < 4.78 is 0. The van der Waals surface area contributed by atoms with Gasteiger partial charge in [-0.3, -0.25) is 14.5 Å². The van der Waals surface area contributed by atoms with Gasteiger partial charge in [-0.2, -0.15) is 0 Å². The quantitative estimate of drug-likeness (QED) is 0.109. The number of hydrogen-bond donors (Lipinski definition) is 4. The number of carboxylic acid groups (broad SMARTS) is 1. The van der Waals surface area contributed by atoms with E-state index in [0.717, 1.165) is 89.2 Å². The Morgan fingerprint density at radius 2 is 1.38 bits per heavy atom. The van der Waals surface area contributed by atoms with E-state index in [2.05, 4.69) is 63.8 Å². The van der Waals surface area contributed by atoms with Gasteiger partial charge in [-0.25, -0.2) is 14.8 Å². The second-order valence-electron chi connectivity index (χ2n) is 17.1. The molecular formula is C48H52N8O4. The van der Waals surface area contributed by atoms with Crippen LogP contribution in [0.25, 0.3) is 44.5 Å². The number of fused-ring (bicyclic) bond motifs is 4. The second-order valence-corrected chi connectivity index (χ2v) is 17.1. The molecule has 2 aliphatic heterocycles. The maximum absolute atomic E-state index is 14.0. The van der Waals surface area contributed by atoms with E-state index in [4.69, 9.17) is 9.97 Å². The molecule has 2 aromatic heterocycles. The predicted octanol–water partition coefficient (Wildman–Crippen LogP) is 8.31. The maximum atomic E-state index is 14.0. The predicted molar refractivity (Wildman–Crippen MR) is 232 cm³/mol. The molecule has 0 bridgehead atoms. The normalized spacial score (nSPS) is 18.5. The molecule has 3 amide bonds. The van der Waals surface area contributed by atoms with Gasteiger partial charge in [0, 0.05) is 13.1 Å². The average molecular weight is 805 g/mol. The Balaban J connectivity index is 0.913. The molecule has 4 aromatic carbocycles. The molecule has 2 fully saturated rings. The van der Waals surface area contributed by atoms with Crippen molar-refractivity contribution in [1.82, 2.24) is 40.0 Å². The van der Waals surface area contributed by atoms with Crippen LogP contribution in [0.5, 0.6) is 0 Å². The number of aromatic nitrogens is 4. The molecule has 0 radical (unpaired) electrons. The summed E-state index contributed by atoms with van der Waals surface area (Å²) in [4.78, 5) is 61.6. The number of nitrogens with one attached hydrogen (secondary N) is 3. The van der Waals surface area contributed by atoms with E-state index in [1.807, 2.05) is 80.3 Å². The summed E-state index contributed by atoms with van der Waals surface area (Å²) in [5, 5.41) is 11.8. The number of likely N-dealkylation sites (N-methyl/N-ethyl adjacent to an activating group) is 1. The van der Waals surface area contributed by atoms with Crippen molar-refractivity contribution in [2.24, 2.45) is 5.92 Å². The largest absolute Gasteiger partial charge is 0.465 e. The van der Waals surface area contributed by atoms with Gasteiger partial charge in [-0.05, 0) is 121 Å². The molecule has 60 heavy (non-hydrogen) atoms. The zero-order valence-corrected chi connectivity index (χ0v) is 34.6. The third-order valence-electron chi connectivity index (χ3n) is 12.7. The van der Waals surface area contributed by atoms with E-state index in [1.54, 1.807) is 4.90 Å². The van der Waals surface area contributed by atoms with Crippen LogP contribution in [0.4, 0.5) is 4.79 Å². The van der Waals surface area contributed by atoms with Crippen molar-refractivity contribution in [3.8, 4) is 33.5 Å². The number of imidazole rings is 2. The van der Waals surface area contributed by atoms with Crippen molar-refractivity contribution in [1.29, 1.82) is 0 Å². The lowest BCUT2D eigenvalue weighted by Crippen LogP contribution is -2.50. The number of hydrogen-bond acceptors (Lipinski definition) is 6. The first-order valence-corrected chi connectivity index (χ1v) is 21.2. The number of aromatic amines is 2. The molecule has 2 unspecified atom stereocenters. The molecule has 12 heteroatoms. The summed E-state index contributed by atoms with van der Waals surface area (Å²) in [5.74, 6) is 1.28. The number of carbonyl (C=O) groups excluding carboxylic acids is 2. The van der Waals surface area contributed by atoms with Crippen molar-refractivity contribution < 1.29 is 19.5 Å². The average Bonchev–Trinajstić information content (AvgIpc) is 4.08. The van der Waals surface area contributed by atoms with Crippen LogP contribution in [0.15, 0.2) is 91.1 Å². The van der Waals surface area contributed by atoms with Crippen LogP contribution in [0.3, 0.4) is 0 Å². The van der Waals surface area contributed by atoms with E-state index in [-0.39, 0.29) is 35.9 Å². The molecule has 4 heterocycles. The zero-order valence-electron chi connectivity index (χ0n) is 34.6. The molecule has 1 aliphatic carbocycles. The number of nitrogens with zero attached hydrogens (tertiary/aromatic N) is 5. The summed E-state index contributed by atoms with van der Waals surface area (Å²) in [7, 11) is 3.92. The van der Waals surface area contributed by atoms with Gasteiger partial charge in [0.15, 0.2) is 0 Å². The van der Waals surface area contributed by atoms with E-state index in [0.29, 0.717) is 13.1 Å². The molecule has 12 nitrogen and oxygen atoms in total. The van der Waals surface area contributed by atoms with Crippen molar-refractivity contribution >= 4 is 28.9 Å². The SMILES string of the molecule is CC(C)C(NC(=O)O)C(=O)N1CCC[C@H]1c1nc2ccc(-c3ccc4c(c3)CCc3cc(-c5cnc([C@@H]6CCCN6C(=O)C(c6ccccc6)N(C)C)[nH]5)ccc3-4)cc2[nH]1. The highest BCUT2D eigenvalue weighted by atomic mass is 16.4. The number of benzene rings is 4. The Labute approximate surface area is 350 Å². The monoisotopic (exact) mass is 804 g/mol. The van der Waals surface area contributed by atoms with Crippen molar-refractivity contribution in [3.63, 3.8) is 0 Å². The van der Waals surface area contributed by atoms with Crippen LogP contribution in [0, 0.1) is 5.92 Å². The van der Waals surface area contributed by atoms with Crippen LogP contribution in [0.2, 0.25) is 0 Å². The standard InChI is InChI=1S/C48H52N8O4/c1-28(2)42(53-48(59)60)46(57)55-22-9-13-41(55)45-50-37-21-18-31(26-38(37)51-45)30-16-19-35-32(24-30)14-15-33-25-34(17-20-36(33)35)39-27-49-44(52-39)40-12-8-23-56(40)47(58)43(54(3)4)29-10-6-5-7-11-29/h5-7,10-11,16-21,24-28,40-43,53H,8-9,12-15,22-23H2,1-4H3,(H,49,52)(H,50,51)(H,59,60)/t40-,41-,42?,43?/m0/s1. The first-order valence-electron chi connectivity index (χ1n) is 21.2. The minimum Gasteiger partial charge on any atom is -0.465 e. The highest BCUT2D eigenvalue weighted by molar-refractivity contribution is 5.87. The number of amides is 3. The minimum absolute atomic E-state index is 0.0900. The fourth-order valence-electron chi connectivity index (χ4n) is 9.67. The Morgan fingerprint density at radius 3 is 2.05 bits per heavy atom. The third kappa shape index (κ3) is 7.33. The van der Waals surface area contributed by atoms with Gasteiger partial charge in [0.2, 0.25) is 11.8 Å². The van der Waals surface area contributed by atoms with Gasteiger partial charge in [0.05, 0.1) is 35.0 Å². The van der Waals surface area contributed by atoms with Crippen molar-refractivity contribution in [2.45, 2.75) is 76.5 Å². The van der Waals surface area contributed by atoms with E-state index in [9.17, 15) is 19.5 Å². The second kappa shape index (κ2) is 16.1. The van der Waals surface area contributed by atoms with Crippen LogP contribution >= 0.6 is 0 Å². The highest BCUT2D eigenvalue weighted by Crippen LogP contribution is 2.40. The smallest absolute Gasteiger partial charge is 0.405 e. The van der Waals surface area contributed by atoms with Gasteiger partial charge >= 0.3 is 6.09 Å². The third-order valence-corrected chi connectivity index (χ3v) is 12.7. The number of H-pyrrole nitrogens is 2. The molecule has 308 valence electrons. The summed E-state index contributed by atoms with van der Waals surface area (Å²) in [6, 6.07) is 28.2. The van der Waals surface area contributed by atoms with Crippen LogP contribution < -0.4 is 5.32 Å². The summed E-state index contributed by atoms with van der Waals surface area (Å²) in [6.07, 6.45) is 5.98. The minimum atomic E-state index is -1.20. The van der Waals surface area contributed by atoms with Gasteiger partial charge in [0.1, 0.15) is 23.7 Å². The highest BCUT2D eigenvalue weighted by Gasteiger charge is 2.39. The molecule has 9 rings (SSSR count). The molecule has 6 aromatic rings. The summed E-state index contributed by atoms with van der Waals surface area (Å²) >= 11 is 0. The fourth-order valence-corrected chi connectivity index (χ4v) is 9.67. The Kier molecular flexibility index (Phi) is 10.5. The molecule has 2 saturated heterocycles. The topological polar surface area (TPSA) is 151 Å². The van der Waals surface area contributed by atoms with Crippen LogP contribution in [0.1, 0.15) is 86.0 Å². The number of aryl methyl sites for hydroxylation is 2. The van der Waals surface area contributed by atoms with Gasteiger partial charge in [-0.1, -0.05) is 80.6 Å². The summed E-state index contributed by atoms with van der Waals surface area (Å²) in [5.41, 5.74) is 12.1. The Morgan fingerprint density at radius 1 is 0.767 bits per heavy atom. The lowest BCUT2D eigenvalue weighted by atomic mass is 9.83. The lowest BCUT2D eigenvalue weighted by Gasteiger charge is -2.31.